The number of nitrogens with two attached hydrogens (primary N) is 1. The third-order valence-electron chi connectivity index (χ3n) is 6.77. The van der Waals surface area contributed by atoms with Crippen LogP contribution < -0.4 is 5.73 Å². The van der Waals surface area contributed by atoms with Gasteiger partial charge in [0.15, 0.2) is 0 Å². The van der Waals surface area contributed by atoms with E-state index in [1.165, 1.54) is 5.56 Å². The molecule has 0 aliphatic heterocycles. The molecule has 0 bridgehead atoms. The molecule has 1 atom stereocenters. The highest BCUT2D eigenvalue weighted by Gasteiger charge is 2.17. The molecule has 8 heteroatoms. The molecule has 3 aromatic rings. The topological polar surface area (TPSA) is 79.0 Å². The third kappa shape index (κ3) is 11.1. The SMILES string of the molecule is CN(C)C(=O)c1ccc(C=CCOCCCCCCN(Cc2ccccc2)CC(O)c2cc(Cl)c(N)c(Cl)c2)cc1. The van der Waals surface area contributed by atoms with E-state index >= 15 is 0 Å². The first kappa shape index (κ1) is 32.6. The number of benzene rings is 3. The van der Waals surface area contributed by atoms with Crippen LogP contribution in [0, 0.1) is 0 Å². The van der Waals surface area contributed by atoms with E-state index in [1.807, 2.05) is 54.6 Å². The number of nitrogen functional groups attached to an aromatic ring is 1. The second-order valence-corrected chi connectivity index (χ2v) is 11.2. The molecule has 1 unspecified atom stereocenters. The molecule has 0 radical (unpaired) electrons. The van der Waals surface area contributed by atoms with Crippen LogP contribution in [0.3, 0.4) is 0 Å². The van der Waals surface area contributed by atoms with Gasteiger partial charge >= 0.3 is 0 Å². The molecule has 220 valence electrons. The maximum atomic E-state index is 12.0. The minimum atomic E-state index is -0.728. The summed E-state index contributed by atoms with van der Waals surface area (Å²) in [7, 11) is 3.50. The van der Waals surface area contributed by atoms with E-state index in [0.29, 0.717) is 46.6 Å². The molecule has 0 aromatic heterocycles. The Kier molecular flexibility index (Phi) is 13.7. The van der Waals surface area contributed by atoms with Crippen molar-refractivity contribution in [1.82, 2.24) is 9.80 Å². The summed E-state index contributed by atoms with van der Waals surface area (Å²) in [6, 6.07) is 21.2. The molecule has 0 saturated heterocycles. The lowest BCUT2D eigenvalue weighted by Crippen LogP contribution is -2.29. The van der Waals surface area contributed by atoms with Gasteiger partial charge in [-0.25, -0.2) is 0 Å². The van der Waals surface area contributed by atoms with Crippen molar-refractivity contribution in [3.8, 4) is 0 Å². The van der Waals surface area contributed by atoms with E-state index in [1.54, 1.807) is 31.1 Å². The first-order valence-electron chi connectivity index (χ1n) is 14.0. The van der Waals surface area contributed by atoms with Gasteiger partial charge in [-0.05, 0) is 60.3 Å². The van der Waals surface area contributed by atoms with Crippen molar-refractivity contribution in [2.75, 3.05) is 46.1 Å². The van der Waals surface area contributed by atoms with Crippen LogP contribution in [0.2, 0.25) is 10.0 Å². The van der Waals surface area contributed by atoms with E-state index in [0.717, 1.165) is 44.3 Å². The normalized spacial score (nSPS) is 12.2. The van der Waals surface area contributed by atoms with Crippen molar-refractivity contribution in [2.24, 2.45) is 0 Å². The Bertz CT molecular complexity index is 1230. The molecule has 0 saturated carbocycles. The summed E-state index contributed by atoms with van der Waals surface area (Å²) in [5.41, 5.74) is 9.77. The molecule has 0 heterocycles. The number of halogens is 2. The molecular weight excluding hydrogens is 557 g/mol. The monoisotopic (exact) mass is 597 g/mol. The number of aliphatic hydroxyl groups is 1. The number of hydrogen-bond acceptors (Lipinski definition) is 5. The number of aliphatic hydroxyl groups excluding tert-OH is 1. The van der Waals surface area contributed by atoms with Gasteiger partial charge < -0.3 is 20.5 Å². The van der Waals surface area contributed by atoms with Crippen molar-refractivity contribution >= 4 is 40.9 Å². The molecule has 0 aliphatic carbocycles. The number of anilines is 1. The van der Waals surface area contributed by atoms with E-state index < -0.39 is 6.10 Å². The van der Waals surface area contributed by atoms with E-state index in [4.69, 9.17) is 33.7 Å². The summed E-state index contributed by atoms with van der Waals surface area (Å²) in [5.74, 6) is -0.000699. The number of carbonyl (C=O) groups is 1. The number of ether oxygens (including phenoxy) is 1. The maximum Gasteiger partial charge on any atom is 0.253 e. The Morgan fingerprint density at radius 3 is 2.29 bits per heavy atom. The summed E-state index contributed by atoms with van der Waals surface area (Å²) >= 11 is 12.4. The predicted octanol–water partition coefficient (Wildman–Crippen LogP) is 7.10. The van der Waals surface area contributed by atoms with Crippen molar-refractivity contribution in [3.05, 3.63) is 105 Å². The molecule has 3 N–H and O–H groups in total. The lowest BCUT2D eigenvalue weighted by Gasteiger charge is -2.26. The number of unbranched alkanes of at least 4 members (excludes halogenated alkanes) is 3. The zero-order chi connectivity index (χ0) is 29.6. The second kappa shape index (κ2) is 17.2. The first-order valence-corrected chi connectivity index (χ1v) is 14.7. The minimum Gasteiger partial charge on any atom is -0.396 e. The van der Waals surface area contributed by atoms with Gasteiger partial charge in [0.25, 0.3) is 5.91 Å². The quantitative estimate of drug-likeness (QED) is 0.136. The van der Waals surface area contributed by atoms with Crippen LogP contribution in [0.1, 0.15) is 58.8 Å². The van der Waals surface area contributed by atoms with Crippen molar-refractivity contribution in [3.63, 3.8) is 0 Å². The zero-order valence-electron chi connectivity index (χ0n) is 23.9. The average Bonchev–Trinajstić information content (AvgIpc) is 2.96. The fourth-order valence-electron chi connectivity index (χ4n) is 4.45. The smallest absolute Gasteiger partial charge is 0.253 e. The molecule has 3 aromatic carbocycles. The van der Waals surface area contributed by atoms with Gasteiger partial charge in [-0.2, -0.15) is 0 Å². The molecule has 0 fully saturated rings. The number of hydrogen-bond donors (Lipinski definition) is 2. The van der Waals surface area contributed by atoms with Gasteiger partial charge in [-0.1, -0.05) is 90.7 Å². The Hall–Kier alpha value is -2.87. The lowest BCUT2D eigenvalue weighted by atomic mass is 10.1. The predicted molar refractivity (Wildman–Crippen MR) is 170 cm³/mol. The summed E-state index contributed by atoms with van der Waals surface area (Å²) < 4.78 is 5.76. The van der Waals surface area contributed by atoms with Gasteiger partial charge in [0, 0.05) is 39.4 Å². The molecule has 0 aliphatic rings. The van der Waals surface area contributed by atoms with E-state index in [9.17, 15) is 9.90 Å². The van der Waals surface area contributed by atoms with Crippen LogP contribution in [0.15, 0.2) is 72.8 Å². The Morgan fingerprint density at radius 1 is 0.976 bits per heavy atom. The standard InChI is InChI=1S/C33H41Cl2N3O3/c1-37(2)33(40)27-16-14-25(15-17-27)13-10-20-41-19-9-4-3-8-18-38(23-26-11-6-5-7-12-26)24-31(39)28-21-29(34)32(36)30(35)22-28/h5-7,10-17,21-22,31,39H,3-4,8-9,18-20,23-24,36H2,1-2H3. The summed E-state index contributed by atoms with van der Waals surface area (Å²) in [6.07, 6.45) is 7.46. The maximum absolute atomic E-state index is 12.0. The number of carbonyl (C=O) groups excluding carboxylic acids is 1. The Morgan fingerprint density at radius 2 is 1.63 bits per heavy atom. The molecule has 3 rings (SSSR count). The summed E-state index contributed by atoms with van der Waals surface area (Å²) in [4.78, 5) is 15.8. The van der Waals surface area contributed by atoms with Crippen LogP contribution in [-0.4, -0.2) is 61.2 Å². The molecular formula is C33H41Cl2N3O3. The third-order valence-corrected chi connectivity index (χ3v) is 7.39. The largest absolute Gasteiger partial charge is 0.396 e. The van der Waals surface area contributed by atoms with Crippen molar-refractivity contribution in [2.45, 2.75) is 38.3 Å². The highest BCUT2D eigenvalue weighted by atomic mass is 35.5. The van der Waals surface area contributed by atoms with Crippen LogP contribution >= 0.6 is 23.2 Å². The molecule has 0 spiro atoms. The van der Waals surface area contributed by atoms with Crippen LogP contribution in [0.25, 0.3) is 6.08 Å². The van der Waals surface area contributed by atoms with Crippen LogP contribution in [0.4, 0.5) is 5.69 Å². The van der Waals surface area contributed by atoms with Crippen LogP contribution in [0.5, 0.6) is 0 Å². The Balaban J connectivity index is 1.37. The molecule has 1 amide bonds. The fourth-order valence-corrected chi connectivity index (χ4v) is 4.95. The average molecular weight is 599 g/mol. The summed E-state index contributed by atoms with van der Waals surface area (Å²) in [5, 5.41) is 11.6. The lowest BCUT2D eigenvalue weighted by molar-refractivity contribution is 0.0827. The van der Waals surface area contributed by atoms with Crippen LogP contribution in [-0.2, 0) is 11.3 Å². The van der Waals surface area contributed by atoms with Gasteiger partial charge in [0.2, 0.25) is 0 Å². The fraction of sp³-hybridized carbons (Fsp3) is 0.364. The van der Waals surface area contributed by atoms with Crippen molar-refractivity contribution < 1.29 is 14.6 Å². The highest BCUT2D eigenvalue weighted by Crippen LogP contribution is 2.31. The van der Waals surface area contributed by atoms with Gasteiger partial charge in [0.05, 0.1) is 28.4 Å². The second-order valence-electron chi connectivity index (χ2n) is 10.3. The van der Waals surface area contributed by atoms with E-state index in [2.05, 4.69) is 17.0 Å². The minimum absolute atomic E-state index is 0.000699. The first-order chi connectivity index (χ1) is 19.7. The number of rotatable bonds is 16. The van der Waals surface area contributed by atoms with Gasteiger partial charge in [-0.3, -0.25) is 9.69 Å². The zero-order valence-corrected chi connectivity index (χ0v) is 25.5. The van der Waals surface area contributed by atoms with E-state index in [-0.39, 0.29) is 5.91 Å². The number of nitrogens with zero attached hydrogens (tertiary/aromatic N) is 2. The molecule has 6 nitrogen and oxygen atoms in total. The highest BCUT2D eigenvalue weighted by molar-refractivity contribution is 6.38. The van der Waals surface area contributed by atoms with Crippen molar-refractivity contribution in [1.29, 1.82) is 0 Å². The van der Waals surface area contributed by atoms with Gasteiger partial charge in [-0.15, -0.1) is 0 Å². The Labute approximate surface area is 254 Å². The van der Waals surface area contributed by atoms with Gasteiger partial charge in [0.1, 0.15) is 0 Å². The number of amides is 1. The summed E-state index contributed by atoms with van der Waals surface area (Å²) in [6.45, 7) is 3.35. The molecule has 41 heavy (non-hydrogen) atoms.